The number of methoxy groups -OCH3 is 1. The lowest BCUT2D eigenvalue weighted by molar-refractivity contribution is 0.0666. The molecule has 2 aromatic rings. The predicted octanol–water partition coefficient (Wildman–Crippen LogP) is 2.62. The van der Waals surface area contributed by atoms with E-state index >= 15 is 0 Å². The zero-order valence-corrected chi connectivity index (χ0v) is 11.2. The molecular weight excluding hydrogens is 264 g/mol. The van der Waals surface area contributed by atoms with Crippen molar-refractivity contribution < 1.29 is 13.5 Å². The molecule has 108 valence electrons. The van der Waals surface area contributed by atoms with Crippen LogP contribution in [0.1, 0.15) is 17.9 Å². The van der Waals surface area contributed by atoms with Gasteiger partial charge in [-0.3, -0.25) is 4.57 Å². The SMILES string of the molecule is COc1ccc(CCNCc2nccn2C(F)F)cc1. The molecule has 0 fully saturated rings. The number of benzene rings is 1. The summed E-state index contributed by atoms with van der Waals surface area (Å²) in [6.07, 6.45) is 3.48. The number of hydrogen-bond acceptors (Lipinski definition) is 3. The normalized spacial score (nSPS) is 11.0. The van der Waals surface area contributed by atoms with E-state index in [4.69, 9.17) is 4.74 Å². The fourth-order valence-corrected chi connectivity index (χ4v) is 1.88. The number of hydrogen-bond donors (Lipinski definition) is 1. The van der Waals surface area contributed by atoms with Crippen LogP contribution in [0, 0.1) is 0 Å². The van der Waals surface area contributed by atoms with Crippen LogP contribution in [0.15, 0.2) is 36.7 Å². The standard InChI is InChI=1S/C14H17F2N3O/c1-20-12-4-2-11(3-5-12)6-7-17-10-13-18-8-9-19(13)14(15)16/h2-5,8-9,14,17H,6-7,10H2,1H3. The maximum Gasteiger partial charge on any atom is 0.319 e. The molecule has 1 aromatic carbocycles. The lowest BCUT2D eigenvalue weighted by atomic mass is 10.1. The van der Waals surface area contributed by atoms with E-state index in [1.165, 1.54) is 12.4 Å². The third-order valence-electron chi connectivity index (χ3n) is 2.99. The molecule has 0 bridgehead atoms. The maximum atomic E-state index is 12.6. The molecule has 0 radical (unpaired) electrons. The van der Waals surface area contributed by atoms with Crippen molar-refractivity contribution in [1.82, 2.24) is 14.9 Å². The van der Waals surface area contributed by atoms with E-state index in [0.29, 0.717) is 18.9 Å². The summed E-state index contributed by atoms with van der Waals surface area (Å²) in [5.74, 6) is 1.16. The van der Waals surface area contributed by atoms with Gasteiger partial charge in [-0.25, -0.2) is 4.98 Å². The summed E-state index contributed by atoms with van der Waals surface area (Å²) in [6, 6.07) is 7.78. The third kappa shape index (κ3) is 3.77. The van der Waals surface area contributed by atoms with E-state index in [9.17, 15) is 8.78 Å². The molecule has 0 amide bonds. The molecule has 0 atom stereocenters. The van der Waals surface area contributed by atoms with Crippen molar-refractivity contribution in [2.45, 2.75) is 19.5 Å². The fraction of sp³-hybridized carbons (Fsp3) is 0.357. The van der Waals surface area contributed by atoms with Crippen molar-refractivity contribution in [1.29, 1.82) is 0 Å². The molecule has 0 unspecified atom stereocenters. The Kier molecular flexibility index (Phi) is 5.06. The Labute approximate surface area is 116 Å². The molecule has 20 heavy (non-hydrogen) atoms. The first kappa shape index (κ1) is 14.5. The Morgan fingerprint density at radius 2 is 2.05 bits per heavy atom. The molecular formula is C14H17F2N3O. The monoisotopic (exact) mass is 281 g/mol. The summed E-state index contributed by atoms with van der Waals surface area (Å²) in [6.45, 7) is -1.52. The minimum Gasteiger partial charge on any atom is -0.497 e. The number of nitrogens with zero attached hydrogens (tertiary/aromatic N) is 2. The Morgan fingerprint density at radius 1 is 1.30 bits per heavy atom. The lowest BCUT2D eigenvalue weighted by Crippen LogP contribution is -2.19. The number of ether oxygens (including phenoxy) is 1. The van der Waals surface area contributed by atoms with E-state index in [-0.39, 0.29) is 0 Å². The Balaban J connectivity index is 1.77. The first-order valence-corrected chi connectivity index (χ1v) is 6.34. The highest BCUT2D eigenvalue weighted by Gasteiger charge is 2.10. The van der Waals surface area contributed by atoms with Gasteiger partial charge >= 0.3 is 6.55 Å². The molecule has 0 aliphatic rings. The summed E-state index contributed by atoms with van der Waals surface area (Å²) in [5.41, 5.74) is 1.16. The van der Waals surface area contributed by atoms with E-state index in [1.54, 1.807) is 7.11 Å². The number of imidazole rings is 1. The average Bonchev–Trinajstić information content (AvgIpc) is 2.93. The maximum absolute atomic E-state index is 12.6. The predicted molar refractivity (Wildman–Crippen MR) is 71.9 cm³/mol. The minimum absolute atomic E-state index is 0.327. The van der Waals surface area contributed by atoms with Gasteiger partial charge in [-0.2, -0.15) is 8.78 Å². The van der Waals surface area contributed by atoms with E-state index in [1.807, 2.05) is 24.3 Å². The van der Waals surface area contributed by atoms with Gasteiger partial charge in [0, 0.05) is 12.4 Å². The Bertz CT molecular complexity index is 525. The second-order valence-corrected chi connectivity index (χ2v) is 4.30. The smallest absolute Gasteiger partial charge is 0.319 e. The van der Waals surface area contributed by atoms with Crippen LogP contribution in [-0.4, -0.2) is 23.2 Å². The van der Waals surface area contributed by atoms with E-state index in [0.717, 1.165) is 22.3 Å². The molecule has 1 aromatic heterocycles. The highest BCUT2D eigenvalue weighted by molar-refractivity contribution is 5.27. The summed E-state index contributed by atoms with van der Waals surface area (Å²) >= 11 is 0. The number of alkyl halides is 2. The van der Waals surface area contributed by atoms with Crippen LogP contribution >= 0.6 is 0 Å². The van der Waals surface area contributed by atoms with Crippen LogP contribution in [0.25, 0.3) is 0 Å². The highest BCUT2D eigenvalue weighted by atomic mass is 19.3. The largest absolute Gasteiger partial charge is 0.497 e. The molecule has 0 aliphatic heterocycles. The number of aromatic nitrogens is 2. The average molecular weight is 281 g/mol. The van der Waals surface area contributed by atoms with Gasteiger partial charge in [0.05, 0.1) is 13.7 Å². The topological polar surface area (TPSA) is 39.1 Å². The molecule has 1 N–H and O–H groups in total. The first-order chi connectivity index (χ1) is 9.70. The molecule has 1 heterocycles. The van der Waals surface area contributed by atoms with Gasteiger partial charge in [-0.15, -0.1) is 0 Å². The van der Waals surface area contributed by atoms with Gasteiger partial charge in [0.15, 0.2) is 0 Å². The van der Waals surface area contributed by atoms with Crippen molar-refractivity contribution >= 4 is 0 Å². The van der Waals surface area contributed by atoms with Gasteiger partial charge in [0.25, 0.3) is 0 Å². The van der Waals surface area contributed by atoms with Gasteiger partial charge in [-0.1, -0.05) is 12.1 Å². The van der Waals surface area contributed by atoms with Crippen LogP contribution in [0.4, 0.5) is 8.78 Å². The van der Waals surface area contributed by atoms with Crippen molar-refractivity contribution in [3.05, 3.63) is 48.0 Å². The minimum atomic E-state index is -2.55. The van der Waals surface area contributed by atoms with Gasteiger partial charge in [-0.05, 0) is 30.7 Å². The van der Waals surface area contributed by atoms with Crippen LogP contribution in [0.5, 0.6) is 5.75 Å². The molecule has 0 aliphatic carbocycles. The molecule has 4 nitrogen and oxygen atoms in total. The number of halogens is 2. The van der Waals surface area contributed by atoms with Crippen molar-refractivity contribution in [2.75, 3.05) is 13.7 Å². The Morgan fingerprint density at radius 3 is 2.70 bits per heavy atom. The van der Waals surface area contributed by atoms with Crippen molar-refractivity contribution in [2.24, 2.45) is 0 Å². The van der Waals surface area contributed by atoms with Crippen LogP contribution in [0.2, 0.25) is 0 Å². The second kappa shape index (κ2) is 7.00. The zero-order valence-electron chi connectivity index (χ0n) is 11.2. The molecule has 0 spiro atoms. The highest BCUT2D eigenvalue weighted by Crippen LogP contribution is 2.13. The zero-order chi connectivity index (χ0) is 14.4. The van der Waals surface area contributed by atoms with Crippen molar-refractivity contribution in [3.8, 4) is 5.75 Å². The summed E-state index contributed by atoms with van der Waals surface area (Å²) < 4.78 is 31.1. The quantitative estimate of drug-likeness (QED) is 0.793. The molecule has 0 saturated heterocycles. The number of rotatable bonds is 7. The van der Waals surface area contributed by atoms with Crippen LogP contribution < -0.4 is 10.1 Å². The van der Waals surface area contributed by atoms with E-state index in [2.05, 4.69) is 10.3 Å². The molecule has 6 heteroatoms. The van der Waals surface area contributed by atoms with Crippen molar-refractivity contribution in [3.63, 3.8) is 0 Å². The third-order valence-corrected chi connectivity index (χ3v) is 2.99. The van der Waals surface area contributed by atoms with E-state index < -0.39 is 6.55 Å². The van der Waals surface area contributed by atoms with Crippen LogP contribution in [0.3, 0.4) is 0 Å². The van der Waals surface area contributed by atoms with Gasteiger partial charge in [0.2, 0.25) is 0 Å². The number of nitrogens with one attached hydrogen (secondary N) is 1. The first-order valence-electron chi connectivity index (χ1n) is 6.34. The Hall–Kier alpha value is -1.95. The molecule has 2 rings (SSSR count). The molecule has 0 saturated carbocycles. The lowest BCUT2D eigenvalue weighted by Gasteiger charge is -2.08. The fourth-order valence-electron chi connectivity index (χ4n) is 1.88. The van der Waals surface area contributed by atoms with Gasteiger partial charge < -0.3 is 10.1 Å². The summed E-state index contributed by atoms with van der Waals surface area (Å²) in [4.78, 5) is 3.91. The summed E-state index contributed by atoms with van der Waals surface area (Å²) in [7, 11) is 1.63. The van der Waals surface area contributed by atoms with Gasteiger partial charge in [0.1, 0.15) is 11.6 Å². The van der Waals surface area contributed by atoms with Crippen LogP contribution in [-0.2, 0) is 13.0 Å². The second-order valence-electron chi connectivity index (χ2n) is 4.30. The summed E-state index contributed by atoms with van der Waals surface area (Å²) in [5, 5.41) is 3.11.